The first-order valence-corrected chi connectivity index (χ1v) is 8.85. The number of hydrogen-bond acceptors (Lipinski definition) is 2. The van der Waals surface area contributed by atoms with Crippen LogP contribution in [0.3, 0.4) is 0 Å². The quantitative estimate of drug-likeness (QED) is 0.796. The maximum atomic E-state index is 13.2. The van der Waals surface area contributed by atoms with Gasteiger partial charge in [-0.05, 0) is 48.4 Å². The second-order valence-electron chi connectivity index (χ2n) is 5.02. The molecular weight excluding hydrogens is 310 g/mol. The fourth-order valence-electron chi connectivity index (χ4n) is 2.52. The lowest BCUT2D eigenvalue weighted by Crippen LogP contribution is -2.20. The minimum atomic E-state index is -2.93. The maximum Gasteiger partial charge on any atom is 0.150 e. The molecule has 1 aliphatic rings. The first-order chi connectivity index (χ1) is 8.91. The van der Waals surface area contributed by atoms with Gasteiger partial charge >= 0.3 is 0 Å². The Hall–Kier alpha value is -0.320. The van der Waals surface area contributed by atoms with Crippen LogP contribution in [-0.4, -0.2) is 25.8 Å². The summed E-state index contributed by atoms with van der Waals surface area (Å²) < 4.78 is 36.2. The van der Waals surface area contributed by atoms with Gasteiger partial charge in [-0.1, -0.05) is 11.6 Å². The van der Waals surface area contributed by atoms with Crippen molar-refractivity contribution in [1.82, 2.24) is 0 Å². The normalized spacial score (nSPS) is 23.4. The Morgan fingerprint density at radius 2 is 2.16 bits per heavy atom. The molecule has 106 valence electrons. The van der Waals surface area contributed by atoms with E-state index in [1.807, 2.05) is 0 Å². The largest absolute Gasteiger partial charge is 0.229 e. The Labute approximate surface area is 122 Å². The molecule has 0 aromatic heterocycles. The van der Waals surface area contributed by atoms with Crippen molar-refractivity contribution in [1.29, 1.82) is 0 Å². The van der Waals surface area contributed by atoms with Crippen molar-refractivity contribution in [2.75, 3.05) is 17.4 Å². The zero-order valence-electron chi connectivity index (χ0n) is 10.3. The van der Waals surface area contributed by atoms with E-state index in [1.165, 1.54) is 18.2 Å². The van der Waals surface area contributed by atoms with Crippen LogP contribution in [0.5, 0.6) is 0 Å². The van der Waals surface area contributed by atoms with Crippen LogP contribution in [-0.2, 0) is 16.3 Å². The highest BCUT2D eigenvalue weighted by Gasteiger charge is 2.33. The van der Waals surface area contributed by atoms with Crippen LogP contribution in [0, 0.1) is 17.7 Å². The van der Waals surface area contributed by atoms with Crippen molar-refractivity contribution in [3.05, 3.63) is 34.6 Å². The zero-order chi connectivity index (χ0) is 14.0. The van der Waals surface area contributed by atoms with E-state index in [2.05, 4.69) is 0 Å². The van der Waals surface area contributed by atoms with Crippen molar-refractivity contribution in [2.45, 2.75) is 12.8 Å². The molecule has 1 aromatic rings. The second-order valence-corrected chi connectivity index (χ2v) is 7.96. The Kier molecular flexibility index (Phi) is 4.75. The SMILES string of the molecule is O=S1(=O)CCC(C(CCl)Cc2cc(F)ccc2Cl)C1. The summed E-state index contributed by atoms with van der Waals surface area (Å²) in [6.07, 6.45) is 1.15. The summed E-state index contributed by atoms with van der Waals surface area (Å²) in [6, 6.07) is 4.22. The van der Waals surface area contributed by atoms with Gasteiger partial charge in [0.2, 0.25) is 0 Å². The number of rotatable bonds is 4. The van der Waals surface area contributed by atoms with Gasteiger partial charge in [0.15, 0.2) is 9.84 Å². The number of halogens is 3. The van der Waals surface area contributed by atoms with Crippen LogP contribution < -0.4 is 0 Å². The highest BCUT2D eigenvalue weighted by molar-refractivity contribution is 7.91. The summed E-state index contributed by atoms with van der Waals surface area (Å²) in [6.45, 7) is 0. The lowest BCUT2D eigenvalue weighted by molar-refractivity contribution is 0.397. The first-order valence-electron chi connectivity index (χ1n) is 6.11. The predicted octanol–water partition coefficient (Wildman–Crippen LogP) is 3.31. The van der Waals surface area contributed by atoms with Gasteiger partial charge in [-0.3, -0.25) is 0 Å². The van der Waals surface area contributed by atoms with Crippen molar-refractivity contribution >= 4 is 33.0 Å². The first kappa shape index (κ1) is 15.1. The lowest BCUT2D eigenvalue weighted by atomic mass is 9.88. The molecule has 0 amide bonds. The molecule has 0 aliphatic carbocycles. The molecule has 0 bridgehead atoms. The van der Waals surface area contributed by atoms with Gasteiger partial charge in [-0.25, -0.2) is 12.8 Å². The van der Waals surface area contributed by atoms with E-state index < -0.39 is 9.84 Å². The lowest BCUT2D eigenvalue weighted by Gasteiger charge is -2.20. The highest BCUT2D eigenvalue weighted by Crippen LogP contribution is 2.31. The van der Waals surface area contributed by atoms with E-state index in [-0.39, 0.29) is 29.2 Å². The summed E-state index contributed by atoms with van der Waals surface area (Å²) in [4.78, 5) is 0. The Balaban J connectivity index is 2.13. The highest BCUT2D eigenvalue weighted by atomic mass is 35.5. The third-order valence-corrected chi connectivity index (χ3v) is 6.18. The molecular formula is C13H15Cl2FO2S. The Morgan fingerprint density at radius 3 is 2.74 bits per heavy atom. The molecule has 6 heteroatoms. The third-order valence-electron chi connectivity index (χ3n) is 3.62. The van der Waals surface area contributed by atoms with Gasteiger partial charge in [0.05, 0.1) is 11.5 Å². The van der Waals surface area contributed by atoms with Crippen LogP contribution in [0.25, 0.3) is 0 Å². The van der Waals surface area contributed by atoms with Crippen LogP contribution in [0.4, 0.5) is 4.39 Å². The number of sulfone groups is 1. The van der Waals surface area contributed by atoms with Gasteiger partial charge in [0.1, 0.15) is 5.82 Å². The smallest absolute Gasteiger partial charge is 0.150 e. The molecule has 0 spiro atoms. The molecule has 2 atom stereocenters. The number of benzene rings is 1. The molecule has 0 radical (unpaired) electrons. The Bertz CT molecular complexity index is 560. The van der Waals surface area contributed by atoms with Gasteiger partial charge in [-0.2, -0.15) is 0 Å². The van der Waals surface area contributed by atoms with E-state index in [9.17, 15) is 12.8 Å². The van der Waals surface area contributed by atoms with Crippen molar-refractivity contribution < 1.29 is 12.8 Å². The fourth-order valence-corrected chi connectivity index (χ4v) is 5.00. The fraction of sp³-hybridized carbons (Fsp3) is 0.538. The van der Waals surface area contributed by atoms with Crippen molar-refractivity contribution in [3.8, 4) is 0 Å². The van der Waals surface area contributed by atoms with Crippen LogP contribution >= 0.6 is 23.2 Å². The van der Waals surface area contributed by atoms with Gasteiger partial charge < -0.3 is 0 Å². The molecule has 2 nitrogen and oxygen atoms in total. The molecule has 1 heterocycles. The molecule has 1 aromatic carbocycles. The summed E-state index contributed by atoms with van der Waals surface area (Å²) in [7, 11) is -2.93. The summed E-state index contributed by atoms with van der Waals surface area (Å²) in [5, 5.41) is 0.498. The minimum absolute atomic E-state index is 0.0123. The van der Waals surface area contributed by atoms with Gasteiger partial charge in [0, 0.05) is 10.9 Å². The molecule has 2 rings (SSSR count). The summed E-state index contributed by atoms with van der Waals surface area (Å²) in [5.41, 5.74) is 0.691. The Morgan fingerprint density at radius 1 is 1.42 bits per heavy atom. The molecule has 1 aliphatic heterocycles. The third kappa shape index (κ3) is 3.83. The molecule has 1 saturated heterocycles. The second kappa shape index (κ2) is 5.98. The van der Waals surface area contributed by atoms with E-state index in [4.69, 9.17) is 23.2 Å². The monoisotopic (exact) mass is 324 g/mol. The molecule has 0 N–H and O–H groups in total. The van der Waals surface area contributed by atoms with E-state index >= 15 is 0 Å². The number of hydrogen-bond donors (Lipinski definition) is 0. The van der Waals surface area contributed by atoms with Crippen LogP contribution in [0.2, 0.25) is 5.02 Å². The standard InChI is InChI=1S/C13H15Cl2FO2S/c14-7-11(9-3-4-19(17,18)8-9)5-10-6-12(16)1-2-13(10)15/h1-2,6,9,11H,3-5,7-8H2. The van der Waals surface area contributed by atoms with E-state index in [0.29, 0.717) is 29.3 Å². The summed E-state index contributed by atoms with van der Waals surface area (Å²) >= 11 is 12.0. The predicted molar refractivity (Wildman–Crippen MR) is 76.1 cm³/mol. The van der Waals surface area contributed by atoms with Gasteiger partial charge in [-0.15, -0.1) is 11.6 Å². The number of alkyl halides is 1. The van der Waals surface area contributed by atoms with Crippen LogP contribution in [0.15, 0.2) is 18.2 Å². The van der Waals surface area contributed by atoms with Crippen molar-refractivity contribution in [3.63, 3.8) is 0 Å². The van der Waals surface area contributed by atoms with E-state index in [1.54, 1.807) is 0 Å². The molecule has 1 fully saturated rings. The van der Waals surface area contributed by atoms with Gasteiger partial charge in [0.25, 0.3) is 0 Å². The molecule has 2 unspecified atom stereocenters. The zero-order valence-corrected chi connectivity index (χ0v) is 12.6. The van der Waals surface area contributed by atoms with Crippen molar-refractivity contribution in [2.24, 2.45) is 11.8 Å². The average molecular weight is 325 g/mol. The maximum absolute atomic E-state index is 13.2. The van der Waals surface area contributed by atoms with Crippen LogP contribution in [0.1, 0.15) is 12.0 Å². The van der Waals surface area contributed by atoms with E-state index in [0.717, 1.165) is 0 Å². The average Bonchev–Trinajstić information content (AvgIpc) is 2.70. The molecule has 19 heavy (non-hydrogen) atoms. The topological polar surface area (TPSA) is 34.1 Å². The minimum Gasteiger partial charge on any atom is -0.229 e. The molecule has 0 saturated carbocycles. The summed E-state index contributed by atoms with van der Waals surface area (Å²) in [5.74, 6) is 0.471.